The first kappa shape index (κ1) is 12.6. The Morgan fingerprint density at radius 3 is 2.11 bits per heavy atom. The summed E-state index contributed by atoms with van der Waals surface area (Å²) in [6.07, 6.45) is 2.49. The number of nitrogens with zero attached hydrogens (tertiary/aromatic N) is 1. The van der Waals surface area contributed by atoms with E-state index >= 15 is 0 Å². The molecule has 2 aromatic rings. The van der Waals surface area contributed by atoms with Crippen molar-refractivity contribution in [3.63, 3.8) is 0 Å². The number of hydrogen-bond donors (Lipinski definition) is 1. The average Bonchev–Trinajstić information content (AvgIpc) is 2.49. The second-order valence-electron chi connectivity index (χ2n) is 5.19. The topological polar surface area (TPSA) is 3.24 Å². The van der Waals surface area contributed by atoms with Crippen LogP contribution in [0.1, 0.15) is 24.3 Å². The third kappa shape index (κ3) is 2.95. The summed E-state index contributed by atoms with van der Waals surface area (Å²) in [6, 6.07) is 19.4. The molecule has 0 radical (unpaired) electrons. The molecule has 98 valence electrons. The first-order chi connectivity index (χ1) is 9.33. The van der Waals surface area contributed by atoms with E-state index in [2.05, 4.69) is 72.1 Å². The molecule has 1 saturated heterocycles. The van der Waals surface area contributed by atoms with Crippen LogP contribution >= 0.6 is 12.6 Å². The highest BCUT2D eigenvalue weighted by Gasteiger charge is 2.20. The first-order valence-electron chi connectivity index (χ1n) is 6.92. The van der Waals surface area contributed by atoms with E-state index in [4.69, 9.17) is 0 Å². The molecule has 1 aliphatic heterocycles. The second kappa shape index (κ2) is 5.70. The zero-order valence-corrected chi connectivity index (χ0v) is 11.9. The molecule has 0 unspecified atom stereocenters. The molecule has 0 bridgehead atoms. The van der Waals surface area contributed by atoms with Gasteiger partial charge in [-0.05, 0) is 48.6 Å². The Labute approximate surface area is 120 Å². The van der Waals surface area contributed by atoms with E-state index in [1.807, 2.05) is 0 Å². The van der Waals surface area contributed by atoms with Crippen molar-refractivity contribution < 1.29 is 0 Å². The quantitative estimate of drug-likeness (QED) is 0.793. The fourth-order valence-corrected chi connectivity index (χ4v) is 3.01. The number of thiol groups is 1. The number of piperidine rings is 1. The molecule has 0 aliphatic carbocycles. The third-order valence-electron chi connectivity index (χ3n) is 3.98. The molecule has 2 aromatic carbocycles. The van der Waals surface area contributed by atoms with E-state index in [9.17, 15) is 0 Å². The number of rotatable bonds is 2. The van der Waals surface area contributed by atoms with E-state index in [-0.39, 0.29) is 0 Å². The van der Waals surface area contributed by atoms with Gasteiger partial charge in [-0.1, -0.05) is 30.3 Å². The fourth-order valence-electron chi connectivity index (χ4n) is 2.86. The molecule has 0 amide bonds. The third-order valence-corrected chi connectivity index (χ3v) is 4.28. The van der Waals surface area contributed by atoms with Crippen LogP contribution in [0.15, 0.2) is 59.5 Å². The molecule has 2 heteroatoms. The highest BCUT2D eigenvalue weighted by Crippen LogP contribution is 2.30. The Morgan fingerprint density at radius 2 is 1.47 bits per heavy atom. The van der Waals surface area contributed by atoms with E-state index in [1.165, 1.54) is 24.1 Å². The largest absolute Gasteiger partial charge is 0.371 e. The Hall–Kier alpha value is -1.41. The van der Waals surface area contributed by atoms with Gasteiger partial charge in [0.15, 0.2) is 0 Å². The van der Waals surface area contributed by atoms with E-state index in [1.54, 1.807) is 0 Å². The van der Waals surface area contributed by atoms with Crippen LogP contribution in [0.4, 0.5) is 5.69 Å². The van der Waals surface area contributed by atoms with Gasteiger partial charge in [-0.2, -0.15) is 0 Å². The number of hydrogen-bond acceptors (Lipinski definition) is 2. The molecule has 1 nitrogen and oxygen atoms in total. The maximum absolute atomic E-state index is 4.34. The Balaban J connectivity index is 1.65. The Bertz CT molecular complexity index is 513. The van der Waals surface area contributed by atoms with Gasteiger partial charge in [-0.3, -0.25) is 0 Å². The van der Waals surface area contributed by atoms with Crippen molar-refractivity contribution in [2.75, 3.05) is 18.0 Å². The van der Waals surface area contributed by atoms with Crippen molar-refractivity contribution in [3.8, 4) is 0 Å². The van der Waals surface area contributed by atoms with Crippen LogP contribution in [0, 0.1) is 0 Å². The van der Waals surface area contributed by atoms with Gasteiger partial charge in [0, 0.05) is 23.7 Å². The van der Waals surface area contributed by atoms with Gasteiger partial charge in [-0.25, -0.2) is 0 Å². The summed E-state index contributed by atoms with van der Waals surface area (Å²) in [4.78, 5) is 3.51. The maximum Gasteiger partial charge on any atom is 0.0366 e. The molecule has 0 N–H and O–H groups in total. The van der Waals surface area contributed by atoms with E-state index < -0.39 is 0 Å². The minimum atomic E-state index is 0.724. The highest BCUT2D eigenvalue weighted by molar-refractivity contribution is 7.80. The van der Waals surface area contributed by atoms with Crippen LogP contribution in [-0.2, 0) is 0 Å². The minimum Gasteiger partial charge on any atom is -0.371 e. The van der Waals surface area contributed by atoms with Crippen LogP contribution in [0.3, 0.4) is 0 Å². The molecule has 19 heavy (non-hydrogen) atoms. The van der Waals surface area contributed by atoms with Gasteiger partial charge in [-0.15, -0.1) is 12.6 Å². The predicted molar refractivity (Wildman–Crippen MR) is 84.3 cm³/mol. The highest BCUT2D eigenvalue weighted by atomic mass is 32.1. The van der Waals surface area contributed by atoms with Crippen molar-refractivity contribution >= 4 is 18.3 Å². The lowest BCUT2D eigenvalue weighted by atomic mass is 9.89. The summed E-state index contributed by atoms with van der Waals surface area (Å²) in [5, 5.41) is 0. The molecule has 0 spiro atoms. The molecule has 1 fully saturated rings. The molecular weight excluding hydrogens is 250 g/mol. The molecule has 1 heterocycles. The zero-order chi connectivity index (χ0) is 13.1. The Morgan fingerprint density at radius 1 is 0.842 bits per heavy atom. The normalized spacial score (nSPS) is 16.6. The van der Waals surface area contributed by atoms with E-state index in [0.29, 0.717) is 0 Å². The fraction of sp³-hybridized carbons (Fsp3) is 0.294. The van der Waals surface area contributed by atoms with Crippen LogP contribution in [0.25, 0.3) is 0 Å². The van der Waals surface area contributed by atoms with Crippen LogP contribution < -0.4 is 4.90 Å². The van der Waals surface area contributed by atoms with Crippen molar-refractivity contribution in [1.29, 1.82) is 0 Å². The predicted octanol–water partition coefficient (Wildman–Crippen LogP) is 4.36. The molecular formula is C17H19NS. The van der Waals surface area contributed by atoms with Crippen molar-refractivity contribution in [2.45, 2.75) is 23.7 Å². The summed E-state index contributed by atoms with van der Waals surface area (Å²) in [5.74, 6) is 0.724. The first-order valence-corrected chi connectivity index (χ1v) is 7.36. The van der Waals surface area contributed by atoms with Crippen molar-refractivity contribution in [2.24, 2.45) is 0 Å². The Kier molecular flexibility index (Phi) is 3.79. The average molecular weight is 269 g/mol. The lowest BCUT2D eigenvalue weighted by Crippen LogP contribution is -2.32. The standard InChI is InChI=1S/C17H19NS/c19-17-8-6-16(7-9-17)18-12-10-15(11-13-18)14-4-2-1-3-5-14/h1-9,15,19H,10-13H2. The van der Waals surface area contributed by atoms with Crippen molar-refractivity contribution in [1.82, 2.24) is 0 Å². The van der Waals surface area contributed by atoms with Gasteiger partial charge >= 0.3 is 0 Å². The van der Waals surface area contributed by atoms with Gasteiger partial charge in [0.1, 0.15) is 0 Å². The maximum atomic E-state index is 4.34. The lowest BCUT2D eigenvalue weighted by molar-refractivity contribution is 0.505. The molecule has 1 aliphatic rings. The van der Waals surface area contributed by atoms with Gasteiger partial charge in [0.2, 0.25) is 0 Å². The van der Waals surface area contributed by atoms with Gasteiger partial charge in [0.05, 0.1) is 0 Å². The smallest absolute Gasteiger partial charge is 0.0366 e. The summed E-state index contributed by atoms with van der Waals surface area (Å²) in [6.45, 7) is 2.29. The van der Waals surface area contributed by atoms with Crippen LogP contribution in [0.2, 0.25) is 0 Å². The number of anilines is 1. The lowest BCUT2D eigenvalue weighted by Gasteiger charge is -2.34. The van der Waals surface area contributed by atoms with E-state index in [0.717, 1.165) is 23.9 Å². The summed E-state index contributed by atoms with van der Waals surface area (Å²) in [5.41, 5.74) is 2.82. The summed E-state index contributed by atoms with van der Waals surface area (Å²) in [7, 11) is 0. The summed E-state index contributed by atoms with van der Waals surface area (Å²) >= 11 is 4.34. The monoisotopic (exact) mass is 269 g/mol. The molecule has 0 saturated carbocycles. The van der Waals surface area contributed by atoms with Crippen LogP contribution in [0.5, 0.6) is 0 Å². The zero-order valence-electron chi connectivity index (χ0n) is 11.0. The van der Waals surface area contributed by atoms with Gasteiger partial charge in [0.25, 0.3) is 0 Å². The second-order valence-corrected chi connectivity index (χ2v) is 5.70. The number of benzene rings is 2. The van der Waals surface area contributed by atoms with Gasteiger partial charge < -0.3 is 4.90 Å². The molecule has 3 rings (SSSR count). The molecule has 0 atom stereocenters. The SMILES string of the molecule is Sc1ccc(N2CCC(c3ccccc3)CC2)cc1. The minimum absolute atomic E-state index is 0.724. The summed E-state index contributed by atoms with van der Waals surface area (Å²) < 4.78 is 0. The van der Waals surface area contributed by atoms with Crippen LogP contribution in [-0.4, -0.2) is 13.1 Å². The molecule has 0 aromatic heterocycles. The van der Waals surface area contributed by atoms with Crippen molar-refractivity contribution in [3.05, 3.63) is 60.2 Å².